The molecule has 4 heteroatoms. The fourth-order valence-corrected chi connectivity index (χ4v) is 3.19. The molecule has 1 aliphatic rings. The van der Waals surface area contributed by atoms with Gasteiger partial charge in [-0.15, -0.1) is 0 Å². The van der Waals surface area contributed by atoms with Crippen LogP contribution in [0.1, 0.15) is 58.4 Å². The van der Waals surface area contributed by atoms with Crippen molar-refractivity contribution < 1.29 is 28.8 Å². The zero-order valence-electron chi connectivity index (χ0n) is 15.1. The van der Waals surface area contributed by atoms with E-state index in [0.29, 0.717) is 5.92 Å². The molecular formula is C19H28LiNO2. The van der Waals surface area contributed by atoms with Gasteiger partial charge >= 0.3 is 18.9 Å². The minimum Gasteiger partial charge on any atom is -0.550 e. The molecule has 0 aromatic heterocycles. The summed E-state index contributed by atoms with van der Waals surface area (Å²) in [6.07, 6.45) is 4.30. The predicted molar refractivity (Wildman–Crippen MR) is 88.9 cm³/mol. The van der Waals surface area contributed by atoms with Crippen molar-refractivity contribution in [2.75, 3.05) is 18.0 Å². The van der Waals surface area contributed by atoms with E-state index in [4.69, 9.17) is 0 Å². The van der Waals surface area contributed by atoms with E-state index < -0.39 is 5.97 Å². The van der Waals surface area contributed by atoms with Gasteiger partial charge in [0.1, 0.15) is 0 Å². The summed E-state index contributed by atoms with van der Waals surface area (Å²) in [6.45, 7) is 8.86. The summed E-state index contributed by atoms with van der Waals surface area (Å²) < 4.78 is 0. The number of carboxylic acids is 1. The van der Waals surface area contributed by atoms with Crippen LogP contribution in [0.4, 0.5) is 5.69 Å². The molecule has 0 saturated carbocycles. The van der Waals surface area contributed by atoms with Crippen LogP contribution >= 0.6 is 0 Å². The maximum Gasteiger partial charge on any atom is 1.00 e. The third-order valence-corrected chi connectivity index (χ3v) is 4.71. The van der Waals surface area contributed by atoms with Crippen LogP contribution in [-0.2, 0) is 10.2 Å². The second-order valence-electron chi connectivity index (χ2n) is 7.49. The van der Waals surface area contributed by atoms with Crippen molar-refractivity contribution in [1.29, 1.82) is 0 Å². The van der Waals surface area contributed by atoms with E-state index in [2.05, 4.69) is 49.9 Å². The molecule has 23 heavy (non-hydrogen) atoms. The Morgan fingerprint density at radius 2 is 1.74 bits per heavy atom. The molecule has 2 rings (SSSR count). The molecule has 122 valence electrons. The van der Waals surface area contributed by atoms with Gasteiger partial charge in [-0.2, -0.15) is 0 Å². The zero-order valence-corrected chi connectivity index (χ0v) is 15.1. The van der Waals surface area contributed by atoms with E-state index >= 15 is 0 Å². The quantitative estimate of drug-likeness (QED) is 0.726. The van der Waals surface area contributed by atoms with Crippen LogP contribution in [0.25, 0.3) is 0 Å². The summed E-state index contributed by atoms with van der Waals surface area (Å²) in [5.74, 6) is -0.249. The van der Waals surface area contributed by atoms with Crippen molar-refractivity contribution in [3.05, 3.63) is 29.8 Å². The maximum absolute atomic E-state index is 10.5. The van der Waals surface area contributed by atoms with Crippen molar-refractivity contribution in [3.63, 3.8) is 0 Å². The molecule has 0 unspecified atom stereocenters. The van der Waals surface area contributed by atoms with Crippen LogP contribution in [0.15, 0.2) is 24.3 Å². The minimum atomic E-state index is -0.920. The first kappa shape index (κ1) is 20.1. The number of benzene rings is 1. The molecule has 1 saturated heterocycles. The molecule has 0 N–H and O–H groups in total. The monoisotopic (exact) mass is 309 g/mol. The van der Waals surface area contributed by atoms with Crippen LogP contribution in [0, 0.1) is 5.92 Å². The molecule has 0 radical (unpaired) electrons. The Labute approximate surface area is 152 Å². The Bertz CT molecular complexity index is 485. The summed E-state index contributed by atoms with van der Waals surface area (Å²) in [5, 5.41) is 10.5. The fourth-order valence-electron chi connectivity index (χ4n) is 3.19. The van der Waals surface area contributed by atoms with Gasteiger partial charge < -0.3 is 14.8 Å². The number of aliphatic carboxylic acids is 1. The van der Waals surface area contributed by atoms with Gasteiger partial charge in [0.05, 0.1) is 0 Å². The van der Waals surface area contributed by atoms with E-state index in [1.807, 2.05) is 0 Å². The Hall–Kier alpha value is -0.913. The average molecular weight is 309 g/mol. The predicted octanol–water partition coefficient (Wildman–Crippen LogP) is 0.125. The second kappa shape index (κ2) is 8.80. The Balaban J connectivity index is 0.00000264. The van der Waals surface area contributed by atoms with Crippen LogP contribution in [0.3, 0.4) is 0 Å². The van der Waals surface area contributed by atoms with E-state index in [-0.39, 0.29) is 30.7 Å². The average Bonchev–Trinajstić information content (AvgIpc) is 2.47. The number of carbonyl (C=O) groups is 1. The molecule has 0 bridgehead atoms. The molecule has 1 heterocycles. The molecule has 1 aliphatic heterocycles. The van der Waals surface area contributed by atoms with Gasteiger partial charge in [-0.1, -0.05) is 32.9 Å². The van der Waals surface area contributed by atoms with Gasteiger partial charge in [0.25, 0.3) is 0 Å². The van der Waals surface area contributed by atoms with Gasteiger partial charge in [0, 0.05) is 24.7 Å². The summed E-state index contributed by atoms with van der Waals surface area (Å²) in [5.41, 5.74) is 2.87. The first-order valence-corrected chi connectivity index (χ1v) is 8.41. The summed E-state index contributed by atoms with van der Waals surface area (Å²) in [7, 11) is 0. The maximum atomic E-state index is 10.5. The number of hydrogen-bond acceptors (Lipinski definition) is 3. The standard InChI is InChI=1S/C19H29NO2.Li/c1-19(2,3)16-7-9-17(10-8-16)20-13-11-15(12-14-20)5-4-6-18(21)22;/h7-10,15H,4-6,11-14H2,1-3H3,(H,21,22);/q;+1/p-1. The number of nitrogens with zero attached hydrogens (tertiary/aromatic N) is 1. The number of rotatable bonds is 5. The third-order valence-electron chi connectivity index (χ3n) is 4.71. The van der Waals surface area contributed by atoms with Crippen LogP contribution in [0.2, 0.25) is 0 Å². The summed E-state index contributed by atoms with van der Waals surface area (Å²) in [6, 6.07) is 8.94. The van der Waals surface area contributed by atoms with Crippen LogP contribution < -0.4 is 28.9 Å². The van der Waals surface area contributed by atoms with Crippen LogP contribution in [0.5, 0.6) is 0 Å². The Kier molecular flexibility index (Phi) is 7.71. The minimum absolute atomic E-state index is 0. The van der Waals surface area contributed by atoms with Crippen molar-refractivity contribution in [2.45, 2.75) is 58.3 Å². The first-order chi connectivity index (χ1) is 10.4. The van der Waals surface area contributed by atoms with E-state index in [1.54, 1.807) is 0 Å². The number of anilines is 1. The molecular weight excluding hydrogens is 281 g/mol. The molecule has 0 spiro atoms. The van der Waals surface area contributed by atoms with Crippen molar-refractivity contribution in [2.24, 2.45) is 5.92 Å². The normalized spacial score (nSPS) is 16.0. The molecule has 3 nitrogen and oxygen atoms in total. The van der Waals surface area contributed by atoms with Crippen molar-refractivity contribution in [1.82, 2.24) is 0 Å². The summed E-state index contributed by atoms with van der Waals surface area (Å²) in [4.78, 5) is 12.9. The summed E-state index contributed by atoms with van der Waals surface area (Å²) >= 11 is 0. The molecule has 0 amide bonds. The second-order valence-corrected chi connectivity index (χ2v) is 7.49. The van der Waals surface area contributed by atoms with E-state index in [0.717, 1.165) is 38.8 Å². The van der Waals surface area contributed by atoms with Gasteiger partial charge in [0.2, 0.25) is 0 Å². The molecule has 0 aliphatic carbocycles. The smallest absolute Gasteiger partial charge is 0.550 e. The van der Waals surface area contributed by atoms with E-state index in [9.17, 15) is 9.90 Å². The zero-order chi connectivity index (χ0) is 16.2. The van der Waals surface area contributed by atoms with Gasteiger partial charge in [-0.25, -0.2) is 0 Å². The SMILES string of the molecule is CC(C)(C)c1ccc(N2CCC(CCCC(=O)[O-])CC2)cc1.[Li+]. The van der Waals surface area contributed by atoms with Gasteiger partial charge in [-0.3, -0.25) is 0 Å². The fraction of sp³-hybridized carbons (Fsp3) is 0.632. The number of piperidine rings is 1. The first-order valence-electron chi connectivity index (χ1n) is 8.41. The molecule has 1 aromatic carbocycles. The molecule has 1 fully saturated rings. The van der Waals surface area contributed by atoms with E-state index in [1.165, 1.54) is 11.3 Å². The van der Waals surface area contributed by atoms with Crippen molar-refractivity contribution in [3.8, 4) is 0 Å². The largest absolute Gasteiger partial charge is 1.00 e. The van der Waals surface area contributed by atoms with Gasteiger partial charge in [-0.05, 0) is 61.1 Å². The number of hydrogen-bond donors (Lipinski definition) is 0. The topological polar surface area (TPSA) is 43.4 Å². The Morgan fingerprint density at radius 1 is 1.17 bits per heavy atom. The third kappa shape index (κ3) is 6.24. The van der Waals surface area contributed by atoms with Crippen LogP contribution in [-0.4, -0.2) is 19.1 Å². The molecule has 0 atom stereocenters. The number of carbonyl (C=O) groups excluding carboxylic acids is 1. The Morgan fingerprint density at radius 3 is 2.22 bits per heavy atom. The van der Waals surface area contributed by atoms with Crippen molar-refractivity contribution >= 4 is 11.7 Å². The molecule has 1 aromatic rings. The van der Waals surface area contributed by atoms with Gasteiger partial charge in [0.15, 0.2) is 0 Å². The number of carboxylic acid groups (broad SMARTS) is 1.